The van der Waals surface area contributed by atoms with Gasteiger partial charge in [-0.15, -0.1) is 0 Å². The molecule has 2 N–H and O–H groups in total. The van der Waals surface area contributed by atoms with Gasteiger partial charge in [-0.3, -0.25) is 4.79 Å². The Bertz CT molecular complexity index is 1120. The van der Waals surface area contributed by atoms with E-state index < -0.39 is 17.7 Å². The van der Waals surface area contributed by atoms with Crippen molar-refractivity contribution in [2.45, 2.75) is 51.2 Å². The van der Waals surface area contributed by atoms with Gasteiger partial charge in [-0.25, -0.2) is 9.18 Å². The molecule has 2 unspecified atom stereocenters. The number of nitrogens with two attached hydrogens (primary N) is 1. The van der Waals surface area contributed by atoms with Crippen molar-refractivity contribution in [3.63, 3.8) is 0 Å². The molecule has 1 aromatic heterocycles. The average Bonchev–Trinajstić information content (AvgIpc) is 3.29. The summed E-state index contributed by atoms with van der Waals surface area (Å²) in [6, 6.07) is 7.78. The van der Waals surface area contributed by atoms with Gasteiger partial charge in [-0.05, 0) is 25.3 Å². The highest BCUT2D eigenvalue weighted by Gasteiger charge is 2.39. The molecule has 2 atom stereocenters. The number of aromatic nitrogens is 1. The maximum Gasteiger partial charge on any atom is 0.340 e. The Morgan fingerprint density at radius 1 is 1.34 bits per heavy atom. The van der Waals surface area contributed by atoms with E-state index in [4.69, 9.17) is 19.9 Å². The van der Waals surface area contributed by atoms with Crippen LogP contribution in [0.1, 0.15) is 48.9 Å². The minimum atomic E-state index is -1.05. The number of halogens is 1. The zero-order chi connectivity index (χ0) is 22.8. The second kappa shape index (κ2) is 9.16. The fourth-order valence-electron chi connectivity index (χ4n) is 4.50. The Balaban J connectivity index is 1.96. The van der Waals surface area contributed by atoms with Crippen LogP contribution in [0.4, 0.5) is 4.39 Å². The maximum absolute atomic E-state index is 14.9. The molecular weight excluding hydrogens is 415 g/mol. The number of ether oxygens (including phenoxy) is 3. The summed E-state index contributed by atoms with van der Waals surface area (Å²) in [5, 5.41) is 0. The van der Waals surface area contributed by atoms with Gasteiger partial charge in [0.05, 0.1) is 31.2 Å². The molecule has 1 aromatic carbocycles. The first kappa shape index (κ1) is 22.1. The number of carbonyl (C=O) groups is 1. The van der Waals surface area contributed by atoms with Crippen LogP contribution in [-0.4, -0.2) is 30.4 Å². The van der Waals surface area contributed by atoms with Crippen LogP contribution in [0.2, 0.25) is 0 Å². The van der Waals surface area contributed by atoms with Crippen LogP contribution in [0.15, 0.2) is 46.6 Å². The van der Waals surface area contributed by atoms with E-state index >= 15 is 0 Å². The molecule has 3 heterocycles. The number of pyridine rings is 1. The fraction of sp³-hybridized carbons (Fsp3) is 0.417. The fourth-order valence-corrected chi connectivity index (χ4v) is 4.50. The summed E-state index contributed by atoms with van der Waals surface area (Å²) >= 11 is 0. The third-order valence-electron chi connectivity index (χ3n) is 5.99. The van der Waals surface area contributed by atoms with Crippen LogP contribution < -0.4 is 16.0 Å². The van der Waals surface area contributed by atoms with Crippen molar-refractivity contribution in [2.75, 3.05) is 13.7 Å². The second-order valence-corrected chi connectivity index (χ2v) is 8.04. The lowest BCUT2D eigenvalue weighted by Gasteiger charge is -2.29. The zero-order valence-corrected chi connectivity index (χ0v) is 18.2. The molecule has 1 saturated heterocycles. The summed E-state index contributed by atoms with van der Waals surface area (Å²) in [4.78, 5) is 26.5. The van der Waals surface area contributed by atoms with E-state index in [9.17, 15) is 14.0 Å². The molecule has 32 heavy (non-hydrogen) atoms. The van der Waals surface area contributed by atoms with Crippen molar-refractivity contribution >= 4 is 5.97 Å². The first-order valence-corrected chi connectivity index (χ1v) is 10.8. The number of carbonyl (C=O) groups excluding carboxylic acids is 1. The van der Waals surface area contributed by atoms with Crippen molar-refractivity contribution in [3.8, 4) is 5.75 Å². The third kappa shape index (κ3) is 3.90. The van der Waals surface area contributed by atoms with Gasteiger partial charge in [0, 0.05) is 23.9 Å². The van der Waals surface area contributed by atoms with Crippen LogP contribution in [0.25, 0.3) is 0 Å². The lowest BCUT2D eigenvalue weighted by Crippen LogP contribution is -2.37. The Morgan fingerprint density at radius 3 is 2.78 bits per heavy atom. The normalized spacial score (nSPS) is 20.1. The zero-order valence-electron chi connectivity index (χ0n) is 18.2. The third-order valence-corrected chi connectivity index (χ3v) is 5.99. The van der Waals surface area contributed by atoms with E-state index in [-0.39, 0.29) is 40.0 Å². The van der Waals surface area contributed by atoms with E-state index in [0.29, 0.717) is 19.6 Å². The number of methoxy groups -OCH3 is 1. The largest absolute Gasteiger partial charge is 0.465 e. The molecule has 4 rings (SSSR count). The number of esters is 1. The van der Waals surface area contributed by atoms with Gasteiger partial charge in [0.1, 0.15) is 17.1 Å². The summed E-state index contributed by atoms with van der Waals surface area (Å²) in [5.41, 5.74) is 6.78. The standard InChI is InChI=1S/C24H27FN2O5/c1-3-7-14-12-18-20(23(28)27(14)13-15-8-6-11-31-15)19(16-9-4-5-10-17(16)25)21(22(26)32-18)24(29)30-2/h4-5,9-10,12,15,19H,3,6-8,11,13,26H2,1-2H3. The summed E-state index contributed by atoms with van der Waals surface area (Å²) in [6.45, 7) is 3.07. The highest BCUT2D eigenvalue weighted by molar-refractivity contribution is 5.92. The van der Waals surface area contributed by atoms with Crippen molar-refractivity contribution in [3.05, 3.63) is 74.8 Å². The van der Waals surface area contributed by atoms with Crippen molar-refractivity contribution in [1.82, 2.24) is 4.57 Å². The Morgan fingerprint density at radius 2 is 2.12 bits per heavy atom. The van der Waals surface area contributed by atoms with Gasteiger partial charge in [-0.2, -0.15) is 0 Å². The predicted molar refractivity (Wildman–Crippen MR) is 116 cm³/mol. The summed E-state index contributed by atoms with van der Waals surface area (Å²) in [6.07, 6.45) is 3.21. The van der Waals surface area contributed by atoms with Crippen molar-refractivity contribution in [2.24, 2.45) is 5.73 Å². The Kier molecular flexibility index (Phi) is 6.32. The summed E-state index contributed by atoms with van der Waals surface area (Å²) in [5.74, 6) is -2.34. The monoisotopic (exact) mass is 442 g/mol. The second-order valence-electron chi connectivity index (χ2n) is 8.04. The van der Waals surface area contributed by atoms with Gasteiger partial charge in [-0.1, -0.05) is 31.5 Å². The SMILES string of the molecule is CCCc1cc2c(c(=O)n1CC1CCCO1)C(c1ccccc1F)C(C(=O)OC)=C(N)O2. The van der Waals surface area contributed by atoms with Crippen LogP contribution in [-0.2, 0) is 27.2 Å². The summed E-state index contributed by atoms with van der Waals surface area (Å²) < 4.78 is 33.0. The molecule has 1 fully saturated rings. The first-order chi connectivity index (χ1) is 15.5. The molecule has 7 nitrogen and oxygen atoms in total. The topological polar surface area (TPSA) is 92.8 Å². The van der Waals surface area contributed by atoms with E-state index in [2.05, 4.69) is 0 Å². The van der Waals surface area contributed by atoms with E-state index in [0.717, 1.165) is 25.0 Å². The number of hydrogen-bond donors (Lipinski definition) is 1. The minimum absolute atomic E-state index is 0.0709. The highest BCUT2D eigenvalue weighted by Crippen LogP contribution is 2.42. The number of rotatable bonds is 6. The molecule has 8 heteroatoms. The summed E-state index contributed by atoms with van der Waals surface area (Å²) in [7, 11) is 1.20. The first-order valence-electron chi connectivity index (χ1n) is 10.8. The van der Waals surface area contributed by atoms with Crippen molar-refractivity contribution in [1.29, 1.82) is 0 Å². The molecule has 0 saturated carbocycles. The average molecular weight is 442 g/mol. The van der Waals surface area contributed by atoms with Crippen molar-refractivity contribution < 1.29 is 23.4 Å². The predicted octanol–water partition coefficient (Wildman–Crippen LogP) is 2.99. The Labute approximate surface area is 185 Å². The quantitative estimate of drug-likeness (QED) is 0.692. The Hall–Kier alpha value is -3.13. The van der Waals surface area contributed by atoms with E-state index in [1.807, 2.05) is 6.92 Å². The highest BCUT2D eigenvalue weighted by atomic mass is 19.1. The smallest absolute Gasteiger partial charge is 0.340 e. The van der Waals surface area contributed by atoms with Gasteiger partial charge in [0.25, 0.3) is 5.56 Å². The van der Waals surface area contributed by atoms with Gasteiger partial charge in [0.2, 0.25) is 5.88 Å². The molecule has 0 bridgehead atoms. The van der Waals surface area contributed by atoms with E-state index in [1.165, 1.54) is 19.2 Å². The van der Waals surface area contributed by atoms with E-state index in [1.54, 1.807) is 22.8 Å². The molecule has 2 aliphatic heterocycles. The van der Waals surface area contributed by atoms with Crippen LogP contribution in [0.3, 0.4) is 0 Å². The number of hydrogen-bond acceptors (Lipinski definition) is 6. The molecule has 0 radical (unpaired) electrons. The molecule has 2 aliphatic rings. The van der Waals surface area contributed by atoms with Gasteiger partial charge < -0.3 is 24.5 Å². The van der Waals surface area contributed by atoms with Crippen LogP contribution in [0, 0.1) is 5.82 Å². The van der Waals surface area contributed by atoms with Gasteiger partial charge >= 0.3 is 5.97 Å². The molecule has 2 aromatic rings. The van der Waals surface area contributed by atoms with Gasteiger partial charge in [0.15, 0.2) is 0 Å². The lowest BCUT2D eigenvalue weighted by atomic mass is 9.83. The molecular formula is C24H27FN2O5. The maximum atomic E-state index is 14.9. The molecule has 170 valence electrons. The molecule has 0 aliphatic carbocycles. The number of aryl methyl sites for hydroxylation is 1. The number of fused-ring (bicyclic) bond motifs is 1. The molecule has 0 amide bonds. The lowest BCUT2D eigenvalue weighted by molar-refractivity contribution is -0.136. The number of benzene rings is 1. The minimum Gasteiger partial charge on any atom is -0.465 e. The van der Waals surface area contributed by atoms with Crippen LogP contribution >= 0.6 is 0 Å². The molecule has 0 spiro atoms. The number of nitrogens with zero attached hydrogens (tertiary/aromatic N) is 1. The van der Waals surface area contributed by atoms with Crippen LogP contribution in [0.5, 0.6) is 5.75 Å².